The molecule has 0 bridgehead atoms. The standard InChI is InChI=1S/C11H16ClNO/c1-2-11(7-13)14-8-9-3-5-10(12)6-4-9/h3-6,11H,2,7-8,13H2,1H3. The van der Waals surface area contributed by atoms with Gasteiger partial charge in [-0.15, -0.1) is 0 Å². The third-order valence-electron chi connectivity index (χ3n) is 2.12. The molecular weight excluding hydrogens is 198 g/mol. The van der Waals surface area contributed by atoms with Crippen molar-refractivity contribution in [2.75, 3.05) is 6.54 Å². The van der Waals surface area contributed by atoms with E-state index in [1.807, 2.05) is 24.3 Å². The lowest BCUT2D eigenvalue weighted by atomic mass is 10.2. The molecule has 1 atom stereocenters. The Morgan fingerprint density at radius 2 is 2.00 bits per heavy atom. The van der Waals surface area contributed by atoms with Gasteiger partial charge in [0, 0.05) is 11.6 Å². The van der Waals surface area contributed by atoms with Crippen molar-refractivity contribution in [3.8, 4) is 0 Å². The average Bonchev–Trinajstić information content (AvgIpc) is 2.22. The summed E-state index contributed by atoms with van der Waals surface area (Å²) in [6.07, 6.45) is 1.11. The minimum absolute atomic E-state index is 0.158. The number of ether oxygens (including phenoxy) is 1. The van der Waals surface area contributed by atoms with Crippen molar-refractivity contribution in [3.05, 3.63) is 34.9 Å². The van der Waals surface area contributed by atoms with Gasteiger partial charge in [-0.3, -0.25) is 0 Å². The summed E-state index contributed by atoms with van der Waals surface area (Å²) in [6, 6.07) is 7.66. The molecule has 0 saturated carbocycles. The number of hydrogen-bond donors (Lipinski definition) is 1. The summed E-state index contributed by atoms with van der Waals surface area (Å²) in [7, 11) is 0. The van der Waals surface area contributed by atoms with Gasteiger partial charge in [0.15, 0.2) is 0 Å². The molecule has 0 spiro atoms. The molecule has 0 saturated heterocycles. The third-order valence-corrected chi connectivity index (χ3v) is 2.37. The van der Waals surface area contributed by atoms with Crippen molar-refractivity contribution in [2.24, 2.45) is 5.73 Å². The summed E-state index contributed by atoms with van der Waals surface area (Å²) in [6.45, 7) is 3.25. The Labute approximate surface area is 90.0 Å². The maximum absolute atomic E-state index is 5.77. The van der Waals surface area contributed by atoms with Crippen LogP contribution in [0.1, 0.15) is 18.9 Å². The number of nitrogens with two attached hydrogens (primary N) is 1. The summed E-state index contributed by atoms with van der Waals surface area (Å²) < 4.78 is 5.60. The SMILES string of the molecule is CCC(CN)OCc1ccc(Cl)cc1. The van der Waals surface area contributed by atoms with Crippen LogP contribution in [-0.4, -0.2) is 12.6 Å². The number of benzene rings is 1. The summed E-state index contributed by atoms with van der Waals surface area (Å²) in [4.78, 5) is 0. The monoisotopic (exact) mass is 213 g/mol. The van der Waals surface area contributed by atoms with Gasteiger partial charge in [-0.25, -0.2) is 0 Å². The van der Waals surface area contributed by atoms with Gasteiger partial charge in [-0.2, -0.15) is 0 Å². The highest BCUT2D eigenvalue weighted by atomic mass is 35.5. The summed E-state index contributed by atoms with van der Waals surface area (Å²) in [5.41, 5.74) is 6.65. The van der Waals surface area contributed by atoms with E-state index in [-0.39, 0.29) is 6.10 Å². The Bertz CT molecular complexity index is 256. The van der Waals surface area contributed by atoms with Gasteiger partial charge in [0.25, 0.3) is 0 Å². The van der Waals surface area contributed by atoms with Gasteiger partial charge >= 0.3 is 0 Å². The molecule has 3 heteroatoms. The first-order valence-corrected chi connectivity index (χ1v) is 5.20. The van der Waals surface area contributed by atoms with E-state index in [9.17, 15) is 0 Å². The zero-order valence-electron chi connectivity index (χ0n) is 8.37. The topological polar surface area (TPSA) is 35.2 Å². The van der Waals surface area contributed by atoms with E-state index in [1.165, 1.54) is 0 Å². The highest BCUT2D eigenvalue weighted by Gasteiger charge is 2.03. The molecule has 0 amide bonds. The Hall–Kier alpha value is -0.570. The molecule has 0 aliphatic rings. The molecule has 0 heterocycles. The second-order valence-electron chi connectivity index (χ2n) is 3.20. The molecule has 0 aliphatic carbocycles. The van der Waals surface area contributed by atoms with Crippen LogP contribution in [0.3, 0.4) is 0 Å². The third kappa shape index (κ3) is 3.66. The Morgan fingerprint density at radius 1 is 1.36 bits per heavy atom. The van der Waals surface area contributed by atoms with Crippen molar-refractivity contribution in [1.82, 2.24) is 0 Å². The van der Waals surface area contributed by atoms with Crippen LogP contribution in [0.2, 0.25) is 5.02 Å². The maximum Gasteiger partial charge on any atom is 0.0721 e. The minimum Gasteiger partial charge on any atom is -0.372 e. The molecule has 1 aromatic rings. The smallest absolute Gasteiger partial charge is 0.0721 e. The van der Waals surface area contributed by atoms with E-state index in [0.29, 0.717) is 13.2 Å². The fraction of sp³-hybridized carbons (Fsp3) is 0.455. The van der Waals surface area contributed by atoms with Gasteiger partial charge in [-0.05, 0) is 24.1 Å². The normalized spacial score (nSPS) is 12.8. The predicted octanol–water partition coefficient (Wildman–Crippen LogP) is 2.59. The van der Waals surface area contributed by atoms with E-state index in [1.54, 1.807) is 0 Å². The van der Waals surface area contributed by atoms with Crippen molar-refractivity contribution in [1.29, 1.82) is 0 Å². The number of halogens is 1. The lowest BCUT2D eigenvalue weighted by molar-refractivity contribution is 0.0441. The highest BCUT2D eigenvalue weighted by molar-refractivity contribution is 6.30. The van der Waals surface area contributed by atoms with Crippen LogP contribution in [0.4, 0.5) is 0 Å². The molecular formula is C11H16ClNO. The molecule has 14 heavy (non-hydrogen) atoms. The van der Waals surface area contributed by atoms with E-state index in [2.05, 4.69) is 6.92 Å². The van der Waals surface area contributed by atoms with Crippen molar-refractivity contribution < 1.29 is 4.74 Å². The van der Waals surface area contributed by atoms with Crippen LogP contribution in [0.25, 0.3) is 0 Å². The van der Waals surface area contributed by atoms with Crippen LogP contribution in [-0.2, 0) is 11.3 Å². The van der Waals surface area contributed by atoms with Crippen LogP contribution < -0.4 is 5.73 Å². The molecule has 78 valence electrons. The lowest BCUT2D eigenvalue weighted by Gasteiger charge is -2.13. The predicted molar refractivity (Wildman–Crippen MR) is 59.4 cm³/mol. The summed E-state index contributed by atoms with van der Waals surface area (Å²) in [5, 5.41) is 0.750. The van der Waals surface area contributed by atoms with E-state index < -0.39 is 0 Å². The number of hydrogen-bond acceptors (Lipinski definition) is 2. The first-order chi connectivity index (χ1) is 6.76. The van der Waals surface area contributed by atoms with Crippen LogP contribution in [0, 0.1) is 0 Å². The first-order valence-electron chi connectivity index (χ1n) is 4.82. The highest BCUT2D eigenvalue weighted by Crippen LogP contribution is 2.11. The van der Waals surface area contributed by atoms with Crippen molar-refractivity contribution in [2.45, 2.75) is 26.1 Å². The second-order valence-corrected chi connectivity index (χ2v) is 3.64. The minimum atomic E-state index is 0.158. The fourth-order valence-corrected chi connectivity index (χ4v) is 1.27. The van der Waals surface area contributed by atoms with Crippen LogP contribution in [0.5, 0.6) is 0 Å². The molecule has 0 aromatic heterocycles. The second kappa shape index (κ2) is 6.02. The maximum atomic E-state index is 5.77. The van der Waals surface area contributed by atoms with E-state index >= 15 is 0 Å². The largest absolute Gasteiger partial charge is 0.372 e. The molecule has 1 aromatic carbocycles. The van der Waals surface area contributed by atoms with Crippen LogP contribution in [0.15, 0.2) is 24.3 Å². The van der Waals surface area contributed by atoms with Gasteiger partial charge in [0.2, 0.25) is 0 Å². The Balaban J connectivity index is 2.41. The van der Waals surface area contributed by atoms with Crippen molar-refractivity contribution in [3.63, 3.8) is 0 Å². The quantitative estimate of drug-likeness (QED) is 0.816. The fourth-order valence-electron chi connectivity index (χ4n) is 1.15. The molecule has 0 fully saturated rings. The number of rotatable bonds is 5. The van der Waals surface area contributed by atoms with Crippen molar-refractivity contribution >= 4 is 11.6 Å². The van der Waals surface area contributed by atoms with Gasteiger partial charge in [0.05, 0.1) is 12.7 Å². The Morgan fingerprint density at radius 3 is 2.50 bits per heavy atom. The average molecular weight is 214 g/mol. The van der Waals surface area contributed by atoms with E-state index in [4.69, 9.17) is 22.1 Å². The van der Waals surface area contributed by atoms with Gasteiger partial charge in [-0.1, -0.05) is 30.7 Å². The lowest BCUT2D eigenvalue weighted by Crippen LogP contribution is -2.22. The van der Waals surface area contributed by atoms with Gasteiger partial charge in [0.1, 0.15) is 0 Å². The molecule has 2 N–H and O–H groups in total. The molecule has 1 rings (SSSR count). The van der Waals surface area contributed by atoms with Crippen LogP contribution >= 0.6 is 11.6 Å². The summed E-state index contributed by atoms with van der Waals surface area (Å²) >= 11 is 5.77. The zero-order chi connectivity index (χ0) is 10.4. The Kier molecular flexibility index (Phi) is 4.94. The zero-order valence-corrected chi connectivity index (χ0v) is 9.13. The molecule has 0 radical (unpaired) electrons. The van der Waals surface area contributed by atoms with Gasteiger partial charge < -0.3 is 10.5 Å². The first kappa shape index (κ1) is 11.5. The molecule has 0 aliphatic heterocycles. The molecule has 2 nitrogen and oxygen atoms in total. The van der Waals surface area contributed by atoms with E-state index in [0.717, 1.165) is 17.0 Å². The summed E-state index contributed by atoms with van der Waals surface area (Å²) in [5.74, 6) is 0. The molecule has 1 unspecified atom stereocenters.